The lowest BCUT2D eigenvalue weighted by atomic mass is 10.2. The Morgan fingerprint density at radius 2 is 1.91 bits per heavy atom. The molecule has 0 saturated carbocycles. The van der Waals surface area contributed by atoms with Crippen molar-refractivity contribution in [2.75, 3.05) is 13.3 Å². The molecule has 0 radical (unpaired) electrons. The molecular weight excluding hydrogens is 387 g/mol. The first kappa shape index (κ1) is 17.9. The molecule has 0 spiro atoms. The summed E-state index contributed by atoms with van der Waals surface area (Å²) < 4.78 is 37.8. The molecule has 0 aliphatic rings. The van der Waals surface area contributed by atoms with Crippen molar-refractivity contribution in [1.82, 2.24) is 9.88 Å². The summed E-state index contributed by atoms with van der Waals surface area (Å²) in [7, 11) is -1.74. The van der Waals surface area contributed by atoms with Gasteiger partial charge in [0.05, 0.1) is 10.8 Å². The number of aromatic nitrogens is 1. The van der Waals surface area contributed by atoms with Crippen LogP contribution in [0.1, 0.15) is 24.3 Å². The fourth-order valence-corrected chi connectivity index (χ4v) is 3.65. The van der Waals surface area contributed by atoms with Gasteiger partial charge in [0.15, 0.2) is 9.84 Å². The molecule has 1 heterocycles. The number of benzene rings is 1. The Labute approximate surface area is 142 Å². The third kappa shape index (κ3) is 3.58. The van der Waals surface area contributed by atoms with Crippen LogP contribution >= 0.6 is 15.9 Å². The number of aromatic amines is 1. The zero-order valence-corrected chi connectivity index (χ0v) is 15.6. The lowest BCUT2D eigenvalue weighted by Crippen LogP contribution is -2.44. The van der Waals surface area contributed by atoms with E-state index in [1.54, 1.807) is 19.9 Å². The molecular formula is C15H18BrFN2O3S. The van der Waals surface area contributed by atoms with Crippen LogP contribution in [0, 0.1) is 5.82 Å². The quantitative estimate of drug-likeness (QED) is 0.851. The molecule has 126 valence electrons. The molecule has 0 bridgehead atoms. The molecule has 0 aliphatic carbocycles. The molecule has 2 aromatic rings. The fourth-order valence-electron chi connectivity index (χ4n) is 2.32. The number of halogens is 2. The summed E-state index contributed by atoms with van der Waals surface area (Å²) in [5, 5.41) is -0.388. The smallest absolute Gasteiger partial charge is 0.270 e. The maximum Gasteiger partial charge on any atom is 0.270 e. The average molecular weight is 405 g/mol. The summed E-state index contributed by atoms with van der Waals surface area (Å²) in [6, 6.07) is 3.93. The van der Waals surface area contributed by atoms with E-state index in [1.165, 1.54) is 24.1 Å². The first-order valence-corrected chi connectivity index (χ1v) is 9.71. The highest BCUT2D eigenvalue weighted by Crippen LogP contribution is 2.25. The van der Waals surface area contributed by atoms with Crippen LogP contribution in [0.4, 0.5) is 4.39 Å². The minimum atomic E-state index is -3.27. The van der Waals surface area contributed by atoms with Gasteiger partial charge < -0.3 is 9.88 Å². The normalized spacial score (nSPS) is 14.7. The lowest BCUT2D eigenvalue weighted by Gasteiger charge is -2.28. The Bertz CT molecular complexity index is 863. The maximum atomic E-state index is 13.9. The number of fused-ring (bicyclic) bond motifs is 1. The zero-order chi connectivity index (χ0) is 17.5. The monoisotopic (exact) mass is 404 g/mol. The predicted octanol–water partition coefficient (Wildman–Crippen LogP) is 2.96. The molecule has 0 unspecified atom stereocenters. The third-order valence-electron chi connectivity index (χ3n) is 4.17. The van der Waals surface area contributed by atoms with Crippen molar-refractivity contribution in [2.24, 2.45) is 0 Å². The standard InChI is InChI=1S/C15H18BrFN2O3S/c1-8(9(2)23(4,21)22)19(3)15(20)14-7-11-12(17)5-10(16)6-13(11)18-14/h5-9,18H,1-4H3/t8-,9-/m0/s1. The minimum Gasteiger partial charge on any atom is -0.350 e. The highest BCUT2D eigenvalue weighted by atomic mass is 79.9. The number of H-pyrrole nitrogens is 1. The average Bonchev–Trinajstić information content (AvgIpc) is 2.87. The molecule has 1 N–H and O–H groups in total. The number of hydrogen-bond acceptors (Lipinski definition) is 3. The van der Waals surface area contributed by atoms with Gasteiger partial charge in [0, 0.05) is 29.2 Å². The largest absolute Gasteiger partial charge is 0.350 e. The van der Waals surface area contributed by atoms with E-state index in [0.29, 0.717) is 15.4 Å². The number of nitrogens with one attached hydrogen (secondary N) is 1. The van der Waals surface area contributed by atoms with Crippen LogP contribution in [0.15, 0.2) is 22.7 Å². The number of carbonyl (C=O) groups is 1. The molecule has 5 nitrogen and oxygen atoms in total. The number of amides is 1. The van der Waals surface area contributed by atoms with Gasteiger partial charge in [0.1, 0.15) is 11.5 Å². The Morgan fingerprint density at radius 1 is 1.30 bits per heavy atom. The van der Waals surface area contributed by atoms with Crippen LogP contribution in [0.5, 0.6) is 0 Å². The van der Waals surface area contributed by atoms with Crippen molar-refractivity contribution in [3.63, 3.8) is 0 Å². The van der Waals surface area contributed by atoms with Crippen molar-refractivity contribution in [3.05, 3.63) is 34.2 Å². The number of rotatable bonds is 4. The highest BCUT2D eigenvalue weighted by molar-refractivity contribution is 9.10. The van der Waals surface area contributed by atoms with E-state index in [9.17, 15) is 17.6 Å². The Kier molecular flexibility index (Phi) is 4.86. The van der Waals surface area contributed by atoms with E-state index in [2.05, 4.69) is 20.9 Å². The van der Waals surface area contributed by atoms with Gasteiger partial charge >= 0.3 is 0 Å². The molecule has 8 heteroatoms. The second-order valence-electron chi connectivity index (χ2n) is 5.72. The van der Waals surface area contributed by atoms with Crippen LogP contribution in [-0.2, 0) is 9.84 Å². The van der Waals surface area contributed by atoms with Crippen molar-refractivity contribution in [3.8, 4) is 0 Å². The second kappa shape index (κ2) is 6.24. The molecule has 0 aliphatic heterocycles. The van der Waals surface area contributed by atoms with E-state index < -0.39 is 26.9 Å². The number of carbonyl (C=O) groups excluding carboxylic acids is 1. The maximum absolute atomic E-state index is 13.9. The third-order valence-corrected chi connectivity index (χ3v) is 6.37. The first-order chi connectivity index (χ1) is 10.5. The molecule has 1 amide bonds. The molecule has 2 atom stereocenters. The first-order valence-electron chi connectivity index (χ1n) is 6.96. The van der Waals surface area contributed by atoms with Crippen LogP contribution in [0.3, 0.4) is 0 Å². The summed E-state index contributed by atoms with van der Waals surface area (Å²) in [6.45, 7) is 3.23. The summed E-state index contributed by atoms with van der Waals surface area (Å²) in [5.41, 5.74) is 0.712. The van der Waals surface area contributed by atoms with Gasteiger partial charge in [0.2, 0.25) is 0 Å². The van der Waals surface area contributed by atoms with E-state index in [0.717, 1.165) is 6.26 Å². The zero-order valence-electron chi connectivity index (χ0n) is 13.2. The molecule has 2 rings (SSSR count). The lowest BCUT2D eigenvalue weighted by molar-refractivity contribution is 0.0738. The van der Waals surface area contributed by atoms with Crippen molar-refractivity contribution < 1.29 is 17.6 Å². The van der Waals surface area contributed by atoms with E-state index in [-0.39, 0.29) is 11.6 Å². The Balaban J connectivity index is 2.35. The van der Waals surface area contributed by atoms with Gasteiger partial charge in [-0.25, -0.2) is 12.8 Å². The number of sulfone groups is 1. The molecule has 1 aromatic carbocycles. The van der Waals surface area contributed by atoms with Crippen LogP contribution in [0.2, 0.25) is 0 Å². The summed E-state index contributed by atoms with van der Waals surface area (Å²) in [4.78, 5) is 16.8. The molecule has 0 saturated heterocycles. The van der Waals surface area contributed by atoms with E-state index in [4.69, 9.17) is 0 Å². The summed E-state index contributed by atoms with van der Waals surface area (Å²) in [5.74, 6) is -0.829. The Morgan fingerprint density at radius 3 is 2.48 bits per heavy atom. The SMILES string of the molecule is C[C@@H]([C@H](C)S(C)(=O)=O)N(C)C(=O)c1cc2c(F)cc(Br)cc2[nH]1. The van der Waals surface area contributed by atoms with Gasteiger partial charge in [-0.1, -0.05) is 15.9 Å². The van der Waals surface area contributed by atoms with Crippen molar-refractivity contribution >= 4 is 42.6 Å². The van der Waals surface area contributed by atoms with Crippen LogP contribution in [-0.4, -0.2) is 48.8 Å². The van der Waals surface area contributed by atoms with Gasteiger partial charge in [-0.2, -0.15) is 0 Å². The number of nitrogens with zero attached hydrogens (tertiary/aromatic N) is 1. The highest BCUT2D eigenvalue weighted by Gasteiger charge is 2.29. The van der Waals surface area contributed by atoms with Crippen molar-refractivity contribution in [1.29, 1.82) is 0 Å². The van der Waals surface area contributed by atoms with Gasteiger partial charge in [-0.05, 0) is 32.0 Å². The van der Waals surface area contributed by atoms with Crippen LogP contribution < -0.4 is 0 Å². The predicted molar refractivity (Wildman–Crippen MR) is 91.8 cm³/mol. The summed E-state index contributed by atoms with van der Waals surface area (Å²) in [6.07, 6.45) is 1.14. The van der Waals surface area contributed by atoms with Crippen molar-refractivity contribution in [2.45, 2.75) is 25.1 Å². The van der Waals surface area contributed by atoms with Gasteiger partial charge in [-0.15, -0.1) is 0 Å². The molecule has 1 aromatic heterocycles. The Hall–Kier alpha value is -1.41. The van der Waals surface area contributed by atoms with Gasteiger partial charge in [-0.3, -0.25) is 4.79 Å². The van der Waals surface area contributed by atoms with E-state index in [1.807, 2.05) is 0 Å². The molecule has 23 heavy (non-hydrogen) atoms. The van der Waals surface area contributed by atoms with Crippen LogP contribution in [0.25, 0.3) is 10.9 Å². The molecule has 0 fully saturated rings. The topological polar surface area (TPSA) is 70.2 Å². The number of hydrogen-bond donors (Lipinski definition) is 1. The second-order valence-corrected chi connectivity index (χ2v) is 9.04. The summed E-state index contributed by atoms with van der Waals surface area (Å²) >= 11 is 3.20. The van der Waals surface area contributed by atoms with Gasteiger partial charge in [0.25, 0.3) is 5.91 Å². The van der Waals surface area contributed by atoms with E-state index >= 15 is 0 Å². The minimum absolute atomic E-state index is 0.215. The fraction of sp³-hybridized carbons (Fsp3) is 0.400.